The van der Waals surface area contributed by atoms with Crippen LogP contribution in [0.2, 0.25) is 0 Å². The van der Waals surface area contributed by atoms with Crippen LogP contribution in [-0.2, 0) is 21.3 Å². The lowest BCUT2D eigenvalue weighted by Crippen LogP contribution is -2.49. The highest BCUT2D eigenvalue weighted by Crippen LogP contribution is 2.42. The molecule has 8 saturated heterocycles. The van der Waals surface area contributed by atoms with Gasteiger partial charge in [-0.2, -0.15) is 19.3 Å². The monoisotopic (exact) mass is 1570 g/mol. The topological polar surface area (TPSA) is 215 Å². The summed E-state index contributed by atoms with van der Waals surface area (Å²) in [4.78, 5) is 56.5. The summed E-state index contributed by atoms with van der Waals surface area (Å²) < 4.78 is 69.4. The molecule has 0 unspecified atom stereocenters. The van der Waals surface area contributed by atoms with E-state index in [-0.39, 0.29) is 0 Å². The molecular weight excluding hydrogens is 1450 g/mol. The molecule has 0 N–H and O–H groups in total. The number of benzene rings is 5. The molecule has 5 aromatic carbocycles. The molecule has 0 spiro atoms. The summed E-state index contributed by atoms with van der Waals surface area (Å²) in [5.74, 6) is 9.58. The Kier molecular flexibility index (Phi) is 28.4. The second-order valence-electron chi connectivity index (χ2n) is 31.2. The van der Waals surface area contributed by atoms with E-state index < -0.39 is 10.0 Å². The fourth-order valence-corrected chi connectivity index (χ4v) is 17.8. The van der Waals surface area contributed by atoms with Gasteiger partial charge in [-0.3, -0.25) is 9.80 Å². The van der Waals surface area contributed by atoms with Gasteiger partial charge in [-0.15, -0.1) is 0 Å². The number of nitrogens with zero attached hydrogens (tertiary/aromatic N) is 18. The lowest BCUT2D eigenvalue weighted by Gasteiger charge is -2.36. The number of rotatable bonds is 28. The first-order chi connectivity index (χ1) is 55.3. The summed E-state index contributed by atoms with van der Waals surface area (Å²) in [6, 6.07) is 31.6. The predicted octanol–water partition coefficient (Wildman–Crippen LogP) is 9.99. The second-order valence-corrected chi connectivity index (χ2v) is 33.1. The molecule has 8 aliphatic heterocycles. The van der Waals surface area contributed by atoms with Crippen LogP contribution in [0.5, 0.6) is 34.5 Å². The van der Waals surface area contributed by atoms with Gasteiger partial charge in [0.15, 0.2) is 34.5 Å². The van der Waals surface area contributed by atoms with Crippen LogP contribution in [-0.4, -0.2) is 306 Å². The Morgan fingerprint density at radius 1 is 0.389 bits per heavy atom. The molecule has 3 aromatic heterocycles. The number of likely N-dealkylation sites (N-methyl/N-ethyl adjacent to an activating group) is 1. The largest absolute Gasteiger partial charge is 0.493 e. The van der Waals surface area contributed by atoms with Gasteiger partial charge in [0.2, 0.25) is 27.9 Å². The number of piperazine rings is 3. The van der Waals surface area contributed by atoms with Crippen LogP contribution in [0, 0.1) is 0 Å². The summed E-state index contributed by atoms with van der Waals surface area (Å²) in [5, 5.41) is 2.96. The number of methoxy groups -OCH3 is 3. The summed E-state index contributed by atoms with van der Waals surface area (Å²) in [5.41, 5.74) is 4.03. The minimum Gasteiger partial charge on any atom is -0.493 e. The Morgan fingerprint density at radius 3 is 1.19 bits per heavy atom. The highest BCUT2D eigenvalue weighted by molar-refractivity contribution is 7.89. The first-order valence-corrected chi connectivity index (χ1v) is 43.0. The van der Waals surface area contributed by atoms with E-state index in [1.54, 1.807) is 49.9 Å². The average Bonchev–Trinajstić information content (AvgIpc) is 1.17. The zero-order valence-electron chi connectivity index (χ0n) is 67.8. The molecule has 113 heavy (non-hydrogen) atoms. The summed E-state index contributed by atoms with van der Waals surface area (Å²) in [7, 11) is 7.88. The maximum Gasteiger partial charge on any atom is 0.243 e. The van der Waals surface area contributed by atoms with Gasteiger partial charge in [0.1, 0.15) is 17.5 Å². The summed E-state index contributed by atoms with van der Waals surface area (Å²) in [6.07, 6.45) is 13.6. The van der Waals surface area contributed by atoms with E-state index in [2.05, 4.69) is 124 Å². The molecule has 16 rings (SSSR count). The van der Waals surface area contributed by atoms with Crippen molar-refractivity contribution >= 4 is 78.0 Å². The van der Waals surface area contributed by atoms with E-state index >= 15 is 0 Å². The van der Waals surface area contributed by atoms with Gasteiger partial charge in [-0.25, -0.2) is 23.4 Å². The minimum absolute atomic E-state index is 0.324. The molecule has 28 heteroatoms. The van der Waals surface area contributed by atoms with Crippen molar-refractivity contribution in [3.8, 4) is 34.5 Å². The van der Waals surface area contributed by atoms with E-state index in [1.165, 1.54) is 50.5 Å². The number of ether oxygens (including phenoxy) is 7. The van der Waals surface area contributed by atoms with Crippen molar-refractivity contribution in [2.75, 3.05) is 269 Å². The van der Waals surface area contributed by atoms with E-state index in [0.717, 1.165) is 274 Å². The third-order valence-electron chi connectivity index (χ3n) is 23.0. The Bertz CT molecular complexity index is 4450. The Balaban J connectivity index is 0.000000143. The van der Waals surface area contributed by atoms with Crippen molar-refractivity contribution in [3.63, 3.8) is 0 Å². The Hall–Kier alpha value is -8.61. The maximum absolute atomic E-state index is 13.2. The maximum atomic E-state index is 13.2. The molecule has 8 aliphatic rings. The number of aromatic nitrogens is 6. The van der Waals surface area contributed by atoms with Gasteiger partial charge >= 0.3 is 0 Å². The number of anilines is 6. The molecule has 0 radical (unpaired) electrons. The Labute approximate surface area is 669 Å². The number of morpholine rings is 1. The van der Waals surface area contributed by atoms with E-state index in [1.807, 2.05) is 24.3 Å². The summed E-state index contributed by atoms with van der Waals surface area (Å²) >= 11 is 0. The zero-order valence-corrected chi connectivity index (χ0v) is 68.6. The molecule has 0 bridgehead atoms. The quantitative estimate of drug-likeness (QED) is 0.0417. The lowest BCUT2D eigenvalue weighted by atomic mass is 10.1. The van der Waals surface area contributed by atoms with Gasteiger partial charge in [-0.05, 0) is 134 Å². The molecule has 0 atom stereocenters. The smallest absolute Gasteiger partial charge is 0.243 e. The van der Waals surface area contributed by atoms with E-state index in [9.17, 15) is 8.42 Å². The number of sulfonamides is 1. The second kappa shape index (κ2) is 39.6. The van der Waals surface area contributed by atoms with Gasteiger partial charge < -0.3 is 77.3 Å². The molecule has 27 nitrogen and oxygen atoms in total. The SMILES string of the molecule is COc1cc2c(N3CCCCC3)nc(N3CCCC3)nc2cc1OCCCN(C)C.COc1cc2c(N3CCN(Cc4ccccc4)CC3)nc(N3CCCC3)nc2cc1OCCCN1CCN(C)CC1.COc1cc2c(N3CCN(S(=O)(=O)c4ccccc4)CC3)nc(N3CCCC3)nc2cc1OCCCN1CCOCC1. The van der Waals surface area contributed by atoms with Crippen LogP contribution in [0.15, 0.2) is 102 Å². The van der Waals surface area contributed by atoms with Crippen molar-refractivity contribution in [2.24, 2.45) is 0 Å². The van der Waals surface area contributed by atoms with E-state index in [4.69, 9.17) is 63.1 Å². The first-order valence-electron chi connectivity index (χ1n) is 41.6. The fourth-order valence-electron chi connectivity index (χ4n) is 16.4. The zero-order chi connectivity index (χ0) is 77.9. The van der Waals surface area contributed by atoms with Gasteiger partial charge in [0.25, 0.3) is 0 Å². The van der Waals surface area contributed by atoms with Crippen molar-refractivity contribution in [3.05, 3.63) is 103 Å². The van der Waals surface area contributed by atoms with Crippen LogP contribution in [0.25, 0.3) is 32.7 Å². The van der Waals surface area contributed by atoms with Crippen molar-refractivity contribution in [1.82, 2.24) is 58.7 Å². The highest BCUT2D eigenvalue weighted by Gasteiger charge is 2.33. The van der Waals surface area contributed by atoms with Gasteiger partial charge in [0.05, 0.1) is 75.8 Å². The number of hydrogen-bond donors (Lipinski definition) is 0. The predicted molar refractivity (Wildman–Crippen MR) is 450 cm³/mol. The average molecular weight is 1570 g/mol. The fraction of sp³-hybridized carbons (Fsp3) is 0.576. The van der Waals surface area contributed by atoms with Gasteiger partial charge in [0, 0.05) is 205 Å². The van der Waals surface area contributed by atoms with Crippen LogP contribution in [0.3, 0.4) is 0 Å². The van der Waals surface area contributed by atoms with Crippen LogP contribution < -0.4 is 57.8 Å². The van der Waals surface area contributed by atoms with Crippen LogP contribution in [0.4, 0.5) is 35.3 Å². The molecule has 8 aromatic rings. The molecule has 0 saturated carbocycles. The van der Waals surface area contributed by atoms with Crippen molar-refractivity contribution in [2.45, 2.75) is 88.5 Å². The third-order valence-corrected chi connectivity index (χ3v) is 24.9. The molecule has 0 amide bonds. The molecule has 610 valence electrons. The van der Waals surface area contributed by atoms with Crippen LogP contribution in [0.1, 0.15) is 82.6 Å². The summed E-state index contributed by atoms with van der Waals surface area (Å²) in [6.45, 7) is 27.7. The number of hydrogen-bond acceptors (Lipinski definition) is 26. The normalized spacial score (nSPS) is 18.6. The number of piperidine rings is 1. The van der Waals surface area contributed by atoms with Gasteiger partial charge in [-0.1, -0.05) is 48.5 Å². The highest BCUT2D eigenvalue weighted by atomic mass is 32.2. The first kappa shape index (κ1) is 81.0. The van der Waals surface area contributed by atoms with Crippen molar-refractivity contribution in [1.29, 1.82) is 0 Å². The standard InChI is InChI=1S/C32H45N7O2.C30H40N6O5S.C23H35N5O2/c1-35-14-16-36(17-15-35)11-8-22-41-30-24-28-27(23-29(30)40-2)31(34-32(33-28)39-12-6-7-13-39)38-20-18-37(19-21-38)25-26-9-4-3-5-10-26;1-39-27-22-25-26(23-28(27)41-19-7-10-33-17-20-40-21-18-33)31-30(35-11-5-6-12-35)32-29(25)34-13-15-36(16-14-34)42(37,38)24-8-3-2-4-9-24;1-26(2)10-9-15-30-21-17-19-18(16-20(21)29-3)22(27-11-5-4-6-12-27)25-23(24-19)28-13-7-8-14-28/h3-5,9-10,23-24H,6-8,11-22,25H2,1-2H3;2-4,8-9,22-23H,5-7,10-21H2,1H3;16-17H,4-15H2,1-3H3. The number of fused-ring (bicyclic) bond motifs is 3. The third kappa shape index (κ3) is 20.9. The van der Waals surface area contributed by atoms with Crippen LogP contribution >= 0.6 is 0 Å². The van der Waals surface area contributed by atoms with Crippen molar-refractivity contribution < 1.29 is 41.6 Å². The Morgan fingerprint density at radius 2 is 0.761 bits per heavy atom. The molecule has 11 heterocycles. The molecule has 0 aliphatic carbocycles. The molecular formula is C85H120N18O9S. The lowest BCUT2D eigenvalue weighted by molar-refractivity contribution is 0.0357. The molecule has 8 fully saturated rings. The van der Waals surface area contributed by atoms with E-state index in [0.29, 0.717) is 68.3 Å². The minimum atomic E-state index is -3.55.